The highest BCUT2D eigenvalue weighted by Crippen LogP contribution is 2.23. The molecule has 1 unspecified atom stereocenters. The molecule has 0 amide bonds. The van der Waals surface area contributed by atoms with E-state index in [1.165, 1.54) is 6.07 Å². The zero-order chi connectivity index (χ0) is 13.5. The number of ether oxygens (including phenoxy) is 2. The second-order valence-electron chi connectivity index (χ2n) is 3.59. The van der Waals surface area contributed by atoms with Crippen LogP contribution in [-0.4, -0.2) is 19.5 Å². The summed E-state index contributed by atoms with van der Waals surface area (Å²) in [4.78, 5) is 0. The fraction of sp³-hybridized carbons (Fsp3) is 0.500. The smallest absolute Gasteiger partial charge is 0.178 e. The number of hydrazine groups is 1. The maximum Gasteiger partial charge on any atom is 0.178 e. The normalized spacial score (nSPS) is 13.0. The summed E-state index contributed by atoms with van der Waals surface area (Å²) in [6.07, 6.45) is -0.732. The Labute approximate surface area is 105 Å². The zero-order valence-corrected chi connectivity index (χ0v) is 10.5. The first kappa shape index (κ1) is 15.0. The molecule has 0 saturated carbocycles. The summed E-state index contributed by atoms with van der Waals surface area (Å²) in [7, 11) is 0. The first-order valence-corrected chi connectivity index (χ1v) is 5.78. The first-order chi connectivity index (χ1) is 8.63. The average Bonchev–Trinajstić information content (AvgIpc) is 2.33. The van der Waals surface area contributed by atoms with Gasteiger partial charge < -0.3 is 9.47 Å². The maximum absolute atomic E-state index is 13.7. The van der Waals surface area contributed by atoms with Crippen molar-refractivity contribution in [1.82, 2.24) is 5.43 Å². The van der Waals surface area contributed by atoms with Gasteiger partial charge >= 0.3 is 0 Å². The average molecular weight is 260 g/mol. The molecule has 18 heavy (non-hydrogen) atoms. The lowest BCUT2D eigenvalue weighted by Gasteiger charge is -2.26. The van der Waals surface area contributed by atoms with Crippen LogP contribution in [0.3, 0.4) is 0 Å². The molecule has 0 heterocycles. The van der Waals surface area contributed by atoms with E-state index in [-0.39, 0.29) is 5.56 Å². The van der Waals surface area contributed by atoms with E-state index in [9.17, 15) is 8.78 Å². The van der Waals surface area contributed by atoms with Crippen LogP contribution < -0.4 is 11.3 Å². The molecule has 1 aromatic carbocycles. The number of halogens is 2. The second kappa shape index (κ2) is 7.38. The standard InChI is InChI=1S/C12H18F2N2O2/c1-3-17-12(18-4-2)11(16-15)9-6-5-8(13)7-10(9)14/h5-7,11-12,16H,3-4,15H2,1-2H3. The molecule has 0 radical (unpaired) electrons. The van der Waals surface area contributed by atoms with E-state index in [1.807, 2.05) is 0 Å². The van der Waals surface area contributed by atoms with Gasteiger partial charge in [0.05, 0.1) is 6.04 Å². The molecule has 0 fully saturated rings. The van der Waals surface area contributed by atoms with E-state index in [4.69, 9.17) is 15.3 Å². The number of hydrogen-bond donors (Lipinski definition) is 2. The van der Waals surface area contributed by atoms with Crippen LogP contribution in [0.1, 0.15) is 25.5 Å². The van der Waals surface area contributed by atoms with Crippen LogP contribution in [-0.2, 0) is 9.47 Å². The highest BCUT2D eigenvalue weighted by Gasteiger charge is 2.25. The molecule has 0 bridgehead atoms. The third-order valence-corrected chi connectivity index (χ3v) is 2.41. The minimum Gasteiger partial charge on any atom is -0.351 e. The summed E-state index contributed by atoms with van der Waals surface area (Å²) >= 11 is 0. The van der Waals surface area contributed by atoms with Gasteiger partial charge in [-0.1, -0.05) is 6.07 Å². The van der Waals surface area contributed by atoms with Gasteiger partial charge in [-0.3, -0.25) is 5.84 Å². The molecule has 1 aromatic rings. The summed E-state index contributed by atoms with van der Waals surface area (Å²) in [6, 6.07) is 2.58. The van der Waals surface area contributed by atoms with Crippen LogP contribution in [0.4, 0.5) is 8.78 Å². The molecule has 0 aliphatic rings. The third kappa shape index (κ3) is 3.71. The Kier molecular flexibility index (Phi) is 6.14. The van der Waals surface area contributed by atoms with Crippen molar-refractivity contribution in [3.8, 4) is 0 Å². The van der Waals surface area contributed by atoms with Gasteiger partial charge in [0.15, 0.2) is 6.29 Å². The highest BCUT2D eigenvalue weighted by molar-refractivity contribution is 5.22. The van der Waals surface area contributed by atoms with Gasteiger partial charge in [0.1, 0.15) is 11.6 Å². The monoisotopic (exact) mass is 260 g/mol. The Morgan fingerprint density at radius 2 is 1.83 bits per heavy atom. The van der Waals surface area contributed by atoms with Gasteiger partial charge in [-0.15, -0.1) is 0 Å². The first-order valence-electron chi connectivity index (χ1n) is 5.78. The van der Waals surface area contributed by atoms with Gasteiger partial charge in [-0.25, -0.2) is 14.2 Å². The van der Waals surface area contributed by atoms with Crippen molar-refractivity contribution >= 4 is 0 Å². The fourth-order valence-electron chi connectivity index (χ4n) is 1.64. The predicted molar refractivity (Wildman–Crippen MR) is 63.5 cm³/mol. The summed E-state index contributed by atoms with van der Waals surface area (Å²) in [5, 5.41) is 0. The number of rotatable bonds is 7. The van der Waals surface area contributed by atoms with Crippen molar-refractivity contribution in [2.75, 3.05) is 13.2 Å². The highest BCUT2D eigenvalue weighted by atomic mass is 19.1. The molecule has 3 N–H and O–H groups in total. The maximum atomic E-state index is 13.7. The Bertz CT molecular complexity index is 371. The van der Waals surface area contributed by atoms with Crippen LogP contribution in [0.15, 0.2) is 18.2 Å². The molecule has 6 heteroatoms. The topological polar surface area (TPSA) is 56.5 Å². The summed E-state index contributed by atoms with van der Waals surface area (Å²) < 4.78 is 37.2. The lowest BCUT2D eigenvalue weighted by Crippen LogP contribution is -2.40. The fourth-order valence-corrected chi connectivity index (χ4v) is 1.64. The van der Waals surface area contributed by atoms with Crippen molar-refractivity contribution in [3.05, 3.63) is 35.4 Å². The number of benzene rings is 1. The largest absolute Gasteiger partial charge is 0.351 e. The van der Waals surface area contributed by atoms with Crippen LogP contribution in [0, 0.1) is 11.6 Å². The van der Waals surface area contributed by atoms with Gasteiger partial charge in [0, 0.05) is 24.8 Å². The summed E-state index contributed by atoms with van der Waals surface area (Å²) in [5.74, 6) is 4.07. The van der Waals surface area contributed by atoms with E-state index < -0.39 is 24.0 Å². The number of hydrogen-bond acceptors (Lipinski definition) is 4. The lowest BCUT2D eigenvalue weighted by molar-refractivity contribution is -0.155. The van der Waals surface area contributed by atoms with E-state index >= 15 is 0 Å². The van der Waals surface area contributed by atoms with E-state index in [1.54, 1.807) is 13.8 Å². The molecule has 0 aromatic heterocycles. The van der Waals surface area contributed by atoms with Crippen molar-refractivity contribution in [3.63, 3.8) is 0 Å². The minimum absolute atomic E-state index is 0.200. The van der Waals surface area contributed by atoms with E-state index in [2.05, 4.69) is 5.43 Å². The lowest BCUT2D eigenvalue weighted by atomic mass is 10.1. The molecule has 1 atom stereocenters. The third-order valence-electron chi connectivity index (χ3n) is 2.41. The van der Waals surface area contributed by atoms with Gasteiger partial charge in [0.2, 0.25) is 0 Å². The molecular weight excluding hydrogens is 242 g/mol. The molecule has 0 spiro atoms. The van der Waals surface area contributed by atoms with E-state index in [0.717, 1.165) is 12.1 Å². The van der Waals surface area contributed by atoms with E-state index in [0.29, 0.717) is 13.2 Å². The summed E-state index contributed by atoms with van der Waals surface area (Å²) in [5.41, 5.74) is 2.64. The number of nitrogens with two attached hydrogens (primary N) is 1. The van der Waals surface area contributed by atoms with Crippen molar-refractivity contribution in [1.29, 1.82) is 0 Å². The predicted octanol–water partition coefficient (Wildman–Crippen LogP) is 1.87. The molecular formula is C12H18F2N2O2. The Morgan fingerprint density at radius 3 is 2.28 bits per heavy atom. The van der Waals surface area contributed by atoms with Crippen LogP contribution in [0.25, 0.3) is 0 Å². The molecule has 0 aliphatic carbocycles. The van der Waals surface area contributed by atoms with Crippen LogP contribution in [0.5, 0.6) is 0 Å². The molecule has 1 rings (SSSR count). The number of nitrogens with one attached hydrogen (secondary N) is 1. The Hall–Kier alpha value is -1.08. The van der Waals surface area contributed by atoms with Gasteiger partial charge in [0.25, 0.3) is 0 Å². The second-order valence-corrected chi connectivity index (χ2v) is 3.59. The van der Waals surface area contributed by atoms with Crippen molar-refractivity contribution in [2.24, 2.45) is 5.84 Å². The Balaban J connectivity index is 2.98. The molecule has 4 nitrogen and oxygen atoms in total. The minimum atomic E-state index is -0.732. The van der Waals surface area contributed by atoms with Crippen LogP contribution in [0.2, 0.25) is 0 Å². The molecule has 0 saturated heterocycles. The summed E-state index contributed by atoms with van der Waals surface area (Å²) in [6.45, 7) is 4.37. The van der Waals surface area contributed by atoms with Gasteiger partial charge in [-0.2, -0.15) is 0 Å². The molecule has 102 valence electrons. The quantitative estimate of drug-likeness (QED) is 0.446. The zero-order valence-electron chi connectivity index (χ0n) is 10.5. The van der Waals surface area contributed by atoms with Crippen molar-refractivity contribution < 1.29 is 18.3 Å². The SMILES string of the molecule is CCOC(OCC)C(NN)c1ccc(F)cc1F. The van der Waals surface area contributed by atoms with Gasteiger partial charge in [-0.05, 0) is 19.9 Å². The van der Waals surface area contributed by atoms with Crippen molar-refractivity contribution in [2.45, 2.75) is 26.2 Å². The van der Waals surface area contributed by atoms with Crippen LogP contribution >= 0.6 is 0 Å². The molecule has 0 aliphatic heterocycles. The Morgan fingerprint density at radius 1 is 1.22 bits per heavy atom.